The summed E-state index contributed by atoms with van der Waals surface area (Å²) in [5.74, 6) is 0.108. The van der Waals surface area contributed by atoms with E-state index >= 15 is 0 Å². The number of amides is 1. The quantitative estimate of drug-likeness (QED) is 0.767. The first-order chi connectivity index (χ1) is 11.2. The topological polar surface area (TPSA) is 61.8 Å². The Balaban J connectivity index is 1.34. The third kappa shape index (κ3) is 4.53. The fourth-order valence-corrected chi connectivity index (χ4v) is 3.36. The summed E-state index contributed by atoms with van der Waals surface area (Å²) in [5, 5.41) is 12.6. The summed E-state index contributed by atoms with van der Waals surface area (Å²) in [7, 11) is 0. The zero-order chi connectivity index (χ0) is 16.1. The Bertz CT molecular complexity index is 508. The van der Waals surface area contributed by atoms with Crippen LogP contribution in [-0.4, -0.2) is 60.4 Å². The van der Waals surface area contributed by atoms with E-state index in [0.717, 1.165) is 32.4 Å². The van der Waals surface area contributed by atoms with Crippen molar-refractivity contribution >= 4 is 5.91 Å². The lowest BCUT2D eigenvalue weighted by Gasteiger charge is -2.20. The average molecular weight is 318 g/mol. The SMILES string of the molecule is O=C(C1CC(O)CN1)N1CCC(OCCCc2ccccc2)C1. The number of ether oxygens (including phenoxy) is 1. The van der Waals surface area contributed by atoms with Gasteiger partial charge in [-0.2, -0.15) is 0 Å². The van der Waals surface area contributed by atoms with Crippen molar-refractivity contribution in [1.29, 1.82) is 0 Å². The first kappa shape index (κ1) is 16.4. The lowest BCUT2D eigenvalue weighted by atomic mass is 10.1. The van der Waals surface area contributed by atoms with E-state index in [2.05, 4.69) is 29.6 Å². The molecule has 3 unspecified atom stereocenters. The van der Waals surface area contributed by atoms with Crippen LogP contribution in [0.15, 0.2) is 30.3 Å². The summed E-state index contributed by atoms with van der Waals surface area (Å²) in [6.07, 6.45) is 3.23. The number of aryl methyl sites for hydroxylation is 1. The van der Waals surface area contributed by atoms with Gasteiger partial charge in [0, 0.05) is 26.2 Å². The van der Waals surface area contributed by atoms with E-state index in [-0.39, 0.29) is 18.1 Å². The summed E-state index contributed by atoms with van der Waals surface area (Å²) >= 11 is 0. The second kappa shape index (κ2) is 7.90. The third-order valence-electron chi connectivity index (χ3n) is 4.67. The number of rotatable bonds is 6. The highest BCUT2D eigenvalue weighted by molar-refractivity contribution is 5.82. The van der Waals surface area contributed by atoms with Crippen molar-refractivity contribution in [3.05, 3.63) is 35.9 Å². The molecule has 0 saturated carbocycles. The van der Waals surface area contributed by atoms with Gasteiger partial charge in [0.25, 0.3) is 0 Å². The van der Waals surface area contributed by atoms with Gasteiger partial charge < -0.3 is 20.1 Å². The van der Waals surface area contributed by atoms with E-state index in [4.69, 9.17) is 4.74 Å². The van der Waals surface area contributed by atoms with Crippen LogP contribution in [0.3, 0.4) is 0 Å². The van der Waals surface area contributed by atoms with Crippen LogP contribution in [0.4, 0.5) is 0 Å². The molecule has 5 nitrogen and oxygen atoms in total. The fraction of sp³-hybridized carbons (Fsp3) is 0.611. The molecule has 0 spiro atoms. The maximum Gasteiger partial charge on any atom is 0.239 e. The predicted octanol–water partition coefficient (Wildman–Crippen LogP) is 0.960. The highest BCUT2D eigenvalue weighted by atomic mass is 16.5. The van der Waals surface area contributed by atoms with Gasteiger partial charge in [0.2, 0.25) is 5.91 Å². The van der Waals surface area contributed by atoms with E-state index in [9.17, 15) is 9.90 Å². The van der Waals surface area contributed by atoms with Gasteiger partial charge in [-0.15, -0.1) is 0 Å². The van der Waals surface area contributed by atoms with Gasteiger partial charge in [-0.1, -0.05) is 30.3 Å². The van der Waals surface area contributed by atoms with Gasteiger partial charge in [-0.25, -0.2) is 0 Å². The van der Waals surface area contributed by atoms with Gasteiger partial charge in [-0.3, -0.25) is 4.79 Å². The molecule has 0 bridgehead atoms. The molecule has 2 fully saturated rings. The van der Waals surface area contributed by atoms with Gasteiger partial charge >= 0.3 is 0 Å². The van der Waals surface area contributed by atoms with Crippen LogP contribution in [0, 0.1) is 0 Å². The van der Waals surface area contributed by atoms with E-state index in [1.807, 2.05) is 11.0 Å². The zero-order valence-electron chi connectivity index (χ0n) is 13.5. The standard InChI is InChI=1S/C18H26N2O3/c21-15-11-17(19-12-15)18(22)20-9-8-16(13-20)23-10-4-7-14-5-2-1-3-6-14/h1-3,5-6,15-17,19,21H,4,7-13H2. The molecule has 3 atom stereocenters. The maximum atomic E-state index is 12.4. The number of hydrogen-bond donors (Lipinski definition) is 2. The smallest absolute Gasteiger partial charge is 0.239 e. The van der Waals surface area contributed by atoms with E-state index in [1.54, 1.807) is 0 Å². The molecule has 5 heteroatoms. The van der Waals surface area contributed by atoms with Gasteiger partial charge in [-0.05, 0) is 31.2 Å². The number of aliphatic hydroxyl groups is 1. The molecule has 23 heavy (non-hydrogen) atoms. The Morgan fingerprint density at radius 2 is 2.17 bits per heavy atom. The van der Waals surface area contributed by atoms with Crippen molar-refractivity contribution in [2.45, 2.75) is 43.9 Å². The van der Waals surface area contributed by atoms with Crippen LogP contribution >= 0.6 is 0 Å². The Morgan fingerprint density at radius 1 is 1.35 bits per heavy atom. The Morgan fingerprint density at radius 3 is 2.91 bits per heavy atom. The minimum Gasteiger partial charge on any atom is -0.392 e. The number of nitrogens with zero attached hydrogens (tertiary/aromatic N) is 1. The molecule has 2 saturated heterocycles. The van der Waals surface area contributed by atoms with Gasteiger partial charge in [0.15, 0.2) is 0 Å². The van der Waals surface area contributed by atoms with Crippen molar-refractivity contribution in [3.8, 4) is 0 Å². The Labute approximate surface area is 137 Å². The number of β-amino-alcohol motifs (C(OH)–C–C–N with tert-alkyl or cyclic N) is 1. The molecule has 2 aliphatic heterocycles. The van der Waals surface area contributed by atoms with E-state index in [1.165, 1.54) is 5.56 Å². The van der Waals surface area contributed by atoms with Gasteiger partial charge in [0.05, 0.1) is 18.2 Å². The van der Waals surface area contributed by atoms with E-state index in [0.29, 0.717) is 19.5 Å². The first-order valence-electron chi connectivity index (χ1n) is 8.58. The van der Waals surface area contributed by atoms with Crippen LogP contribution in [0.5, 0.6) is 0 Å². The Kier molecular flexibility index (Phi) is 5.65. The summed E-state index contributed by atoms with van der Waals surface area (Å²) in [6, 6.07) is 10.2. The molecule has 0 aromatic heterocycles. The van der Waals surface area contributed by atoms with Crippen molar-refractivity contribution < 1.29 is 14.6 Å². The van der Waals surface area contributed by atoms with Crippen molar-refractivity contribution in [1.82, 2.24) is 10.2 Å². The molecule has 1 aromatic rings. The zero-order valence-corrected chi connectivity index (χ0v) is 13.5. The summed E-state index contributed by atoms with van der Waals surface area (Å²) < 4.78 is 5.93. The molecular formula is C18H26N2O3. The molecule has 0 radical (unpaired) electrons. The molecule has 0 aliphatic carbocycles. The molecular weight excluding hydrogens is 292 g/mol. The highest BCUT2D eigenvalue weighted by Crippen LogP contribution is 2.17. The monoisotopic (exact) mass is 318 g/mol. The lowest BCUT2D eigenvalue weighted by molar-refractivity contribution is -0.132. The molecule has 2 aliphatic rings. The van der Waals surface area contributed by atoms with Crippen LogP contribution in [0.1, 0.15) is 24.8 Å². The molecule has 2 heterocycles. The molecule has 1 amide bonds. The maximum absolute atomic E-state index is 12.4. The predicted molar refractivity (Wildman–Crippen MR) is 88.1 cm³/mol. The number of nitrogens with one attached hydrogen (secondary N) is 1. The minimum atomic E-state index is -0.392. The molecule has 1 aromatic carbocycles. The third-order valence-corrected chi connectivity index (χ3v) is 4.67. The van der Waals surface area contributed by atoms with Crippen LogP contribution in [-0.2, 0) is 16.0 Å². The second-order valence-electron chi connectivity index (χ2n) is 6.51. The van der Waals surface area contributed by atoms with Gasteiger partial charge in [0.1, 0.15) is 0 Å². The largest absolute Gasteiger partial charge is 0.392 e. The van der Waals surface area contributed by atoms with Crippen LogP contribution in [0.2, 0.25) is 0 Å². The minimum absolute atomic E-state index is 0.108. The normalized spacial score (nSPS) is 27.5. The van der Waals surface area contributed by atoms with Crippen molar-refractivity contribution in [2.75, 3.05) is 26.2 Å². The lowest BCUT2D eigenvalue weighted by Crippen LogP contribution is -2.42. The second-order valence-corrected chi connectivity index (χ2v) is 6.51. The molecule has 2 N–H and O–H groups in total. The number of carbonyl (C=O) groups is 1. The fourth-order valence-electron chi connectivity index (χ4n) is 3.36. The first-order valence-corrected chi connectivity index (χ1v) is 8.58. The number of benzene rings is 1. The van der Waals surface area contributed by atoms with Crippen molar-refractivity contribution in [3.63, 3.8) is 0 Å². The number of likely N-dealkylation sites (tertiary alicyclic amines) is 1. The van der Waals surface area contributed by atoms with E-state index < -0.39 is 6.10 Å². The average Bonchev–Trinajstić information content (AvgIpc) is 3.21. The summed E-state index contributed by atoms with van der Waals surface area (Å²) in [6.45, 7) is 2.69. The number of aliphatic hydroxyl groups excluding tert-OH is 1. The highest BCUT2D eigenvalue weighted by Gasteiger charge is 2.34. The molecule has 126 valence electrons. The van der Waals surface area contributed by atoms with Crippen LogP contribution < -0.4 is 5.32 Å². The van der Waals surface area contributed by atoms with Crippen molar-refractivity contribution in [2.24, 2.45) is 0 Å². The Hall–Kier alpha value is -1.43. The number of carbonyl (C=O) groups excluding carboxylic acids is 1. The number of hydrogen-bond acceptors (Lipinski definition) is 4. The molecule has 3 rings (SSSR count). The van der Waals surface area contributed by atoms with Crippen LogP contribution in [0.25, 0.3) is 0 Å². The summed E-state index contributed by atoms with van der Waals surface area (Å²) in [4.78, 5) is 14.2. The summed E-state index contributed by atoms with van der Waals surface area (Å²) in [5.41, 5.74) is 1.34.